The summed E-state index contributed by atoms with van der Waals surface area (Å²) >= 11 is 1.53. The Kier molecular flexibility index (Phi) is 4.10. The van der Waals surface area contributed by atoms with Crippen LogP contribution < -0.4 is 5.32 Å². The van der Waals surface area contributed by atoms with E-state index in [2.05, 4.69) is 15.3 Å². The number of hydrogen-bond acceptors (Lipinski definition) is 4. The molecule has 142 valence electrons. The minimum atomic E-state index is -0.297. The monoisotopic (exact) mass is 402 g/mol. The SMILES string of the molecule is Cc1nc2ccc(C(=O)Nc3ccc4ncsc4c3)cc2n1-c1ccc(F)cc1. The van der Waals surface area contributed by atoms with Gasteiger partial charge in [-0.3, -0.25) is 9.36 Å². The molecule has 1 N–H and O–H groups in total. The fourth-order valence-electron chi connectivity index (χ4n) is 3.39. The molecule has 2 heterocycles. The van der Waals surface area contributed by atoms with Crippen molar-refractivity contribution >= 4 is 44.2 Å². The average Bonchev–Trinajstić information content (AvgIpc) is 3.31. The Labute approximate surface area is 169 Å². The van der Waals surface area contributed by atoms with Crippen molar-refractivity contribution in [1.29, 1.82) is 0 Å². The number of aromatic nitrogens is 3. The van der Waals surface area contributed by atoms with Gasteiger partial charge in [0, 0.05) is 16.9 Å². The van der Waals surface area contributed by atoms with Crippen LogP contribution in [0.3, 0.4) is 0 Å². The largest absolute Gasteiger partial charge is 0.322 e. The molecule has 0 aliphatic rings. The maximum Gasteiger partial charge on any atom is 0.255 e. The van der Waals surface area contributed by atoms with E-state index < -0.39 is 0 Å². The van der Waals surface area contributed by atoms with Gasteiger partial charge in [-0.05, 0) is 67.6 Å². The summed E-state index contributed by atoms with van der Waals surface area (Å²) in [6.07, 6.45) is 0. The molecule has 0 aliphatic carbocycles. The standard InChI is InChI=1S/C22H15FN4OS/c1-13-25-18-8-2-14(10-20(18)27(13)17-6-3-15(23)4-7-17)22(28)26-16-5-9-19-21(11-16)29-12-24-19/h2-12H,1H3,(H,26,28). The number of anilines is 1. The second kappa shape index (κ2) is 6.79. The minimum Gasteiger partial charge on any atom is -0.322 e. The molecule has 0 atom stereocenters. The molecule has 2 aromatic heterocycles. The highest BCUT2D eigenvalue weighted by atomic mass is 32.1. The van der Waals surface area contributed by atoms with Crippen molar-refractivity contribution in [1.82, 2.24) is 14.5 Å². The molecule has 3 aromatic carbocycles. The Morgan fingerprint density at radius 3 is 2.66 bits per heavy atom. The third kappa shape index (κ3) is 3.15. The van der Waals surface area contributed by atoms with Crippen molar-refractivity contribution in [3.63, 3.8) is 0 Å². The van der Waals surface area contributed by atoms with Crippen LogP contribution in [0.5, 0.6) is 0 Å². The van der Waals surface area contributed by atoms with Crippen molar-refractivity contribution in [2.45, 2.75) is 6.92 Å². The number of imidazole rings is 1. The molecule has 5 rings (SSSR count). The van der Waals surface area contributed by atoms with Gasteiger partial charge in [-0.15, -0.1) is 11.3 Å². The van der Waals surface area contributed by atoms with E-state index in [1.165, 1.54) is 23.5 Å². The number of carbonyl (C=O) groups excluding carboxylic acids is 1. The van der Waals surface area contributed by atoms with E-state index in [0.29, 0.717) is 5.56 Å². The van der Waals surface area contributed by atoms with E-state index in [1.807, 2.05) is 35.8 Å². The third-order valence-corrected chi connectivity index (χ3v) is 5.55. The van der Waals surface area contributed by atoms with Crippen molar-refractivity contribution in [2.75, 3.05) is 5.32 Å². The number of carbonyl (C=O) groups is 1. The van der Waals surface area contributed by atoms with Crippen molar-refractivity contribution in [2.24, 2.45) is 0 Å². The minimum absolute atomic E-state index is 0.208. The van der Waals surface area contributed by atoms with Gasteiger partial charge in [0.15, 0.2) is 0 Å². The summed E-state index contributed by atoms with van der Waals surface area (Å²) < 4.78 is 16.2. The number of hydrogen-bond donors (Lipinski definition) is 1. The number of thiazole rings is 1. The number of amides is 1. The molecule has 5 nitrogen and oxygen atoms in total. The smallest absolute Gasteiger partial charge is 0.255 e. The fourth-order valence-corrected chi connectivity index (χ4v) is 4.11. The summed E-state index contributed by atoms with van der Waals surface area (Å²) in [7, 11) is 0. The van der Waals surface area contributed by atoms with Crippen LogP contribution in [0.1, 0.15) is 16.2 Å². The first-order valence-corrected chi connectivity index (χ1v) is 9.86. The quantitative estimate of drug-likeness (QED) is 0.443. The van der Waals surface area contributed by atoms with Crippen LogP contribution in [0.25, 0.3) is 26.9 Å². The number of benzene rings is 3. The van der Waals surface area contributed by atoms with Gasteiger partial charge >= 0.3 is 0 Å². The summed E-state index contributed by atoms with van der Waals surface area (Å²) in [5, 5.41) is 2.94. The molecule has 7 heteroatoms. The van der Waals surface area contributed by atoms with Crippen molar-refractivity contribution in [3.05, 3.63) is 83.4 Å². The molecule has 0 saturated heterocycles. The van der Waals surface area contributed by atoms with E-state index in [4.69, 9.17) is 0 Å². The number of nitrogens with one attached hydrogen (secondary N) is 1. The lowest BCUT2D eigenvalue weighted by Gasteiger charge is -2.09. The predicted octanol–water partition coefficient (Wildman–Crippen LogP) is 5.34. The Balaban J connectivity index is 1.52. The molecule has 0 fully saturated rings. The Morgan fingerprint density at radius 1 is 1.03 bits per heavy atom. The van der Waals surface area contributed by atoms with Crippen LogP contribution in [0.2, 0.25) is 0 Å². The van der Waals surface area contributed by atoms with E-state index in [1.54, 1.807) is 29.8 Å². The zero-order chi connectivity index (χ0) is 20.0. The van der Waals surface area contributed by atoms with Crippen LogP contribution in [-0.4, -0.2) is 20.4 Å². The molecule has 0 bridgehead atoms. The number of aryl methyl sites for hydroxylation is 1. The van der Waals surface area contributed by atoms with E-state index >= 15 is 0 Å². The summed E-state index contributed by atoms with van der Waals surface area (Å²) in [5.41, 5.74) is 6.28. The Bertz CT molecular complexity index is 1370. The lowest BCUT2D eigenvalue weighted by atomic mass is 10.1. The molecule has 5 aromatic rings. The van der Waals surface area contributed by atoms with Gasteiger partial charge in [-0.1, -0.05) is 0 Å². The normalized spacial score (nSPS) is 11.2. The van der Waals surface area contributed by atoms with Crippen LogP contribution in [0.15, 0.2) is 66.2 Å². The summed E-state index contributed by atoms with van der Waals surface area (Å²) in [5.74, 6) is 0.258. The first kappa shape index (κ1) is 17.5. The van der Waals surface area contributed by atoms with E-state index in [0.717, 1.165) is 38.4 Å². The maximum absolute atomic E-state index is 13.3. The fraction of sp³-hybridized carbons (Fsp3) is 0.0455. The molecule has 0 aliphatic heterocycles. The highest BCUT2D eigenvalue weighted by molar-refractivity contribution is 7.16. The average molecular weight is 402 g/mol. The molecule has 29 heavy (non-hydrogen) atoms. The predicted molar refractivity (Wildman–Crippen MR) is 113 cm³/mol. The van der Waals surface area contributed by atoms with Crippen LogP contribution in [0, 0.1) is 12.7 Å². The number of halogens is 1. The second-order valence-corrected chi connectivity index (χ2v) is 7.55. The molecular weight excluding hydrogens is 387 g/mol. The van der Waals surface area contributed by atoms with E-state index in [9.17, 15) is 9.18 Å². The van der Waals surface area contributed by atoms with Gasteiger partial charge in [0.2, 0.25) is 0 Å². The zero-order valence-corrected chi connectivity index (χ0v) is 16.2. The summed E-state index contributed by atoms with van der Waals surface area (Å²) in [4.78, 5) is 21.6. The number of fused-ring (bicyclic) bond motifs is 2. The highest BCUT2D eigenvalue weighted by Crippen LogP contribution is 2.25. The van der Waals surface area contributed by atoms with Crippen LogP contribution in [0.4, 0.5) is 10.1 Å². The third-order valence-electron chi connectivity index (χ3n) is 4.76. The molecule has 0 radical (unpaired) electrons. The lowest BCUT2D eigenvalue weighted by molar-refractivity contribution is 0.102. The lowest BCUT2D eigenvalue weighted by Crippen LogP contribution is -2.11. The molecule has 0 unspecified atom stereocenters. The van der Waals surface area contributed by atoms with Crippen LogP contribution >= 0.6 is 11.3 Å². The van der Waals surface area contributed by atoms with Crippen molar-refractivity contribution in [3.8, 4) is 5.69 Å². The Hall–Kier alpha value is -3.58. The molecule has 1 amide bonds. The second-order valence-electron chi connectivity index (χ2n) is 6.66. The topological polar surface area (TPSA) is 59.8 Å². The first-order chi connectivity index (χ1) is 14.1. The summed E-state index contributed by atoms with van der Waals surface area (Å²) in [6.45, 7) is 1.88. The van der Waals surface area contributed by atoms with E-state index in [-0.39, 0.29) is 11.7 Å². The summed E-state index contributed by atoms with van der Waals surface area (Å²) in [6, 6.07) is 17.2. The van der Waals surface area contributed by atoms with Gasteiger partial charge in [0.1, 0.15) is 11.6 Å². The molecule has 0 spiro atoms. The number of nitrogens with zero attached hydrogens (tertiary/aromatic N) is 3. The zero-order valence-electron chi connectivity index (χ0n) is 15.4. The van der Waals surface area contributed by atoms with Crippen molar-refractivity contribution < 1.29 is 9.18 Å². The van der Waals surface area contributed by atoms with Crippen LogP contribution in [-0.2, 0) is 0 Å². The molecule has 0 saturated carbocycles. The maximum atomic E-state index is 13.3. The first-order valence-electron chi connectivity index (χ1n) is 8.98. The van der Waals surface area contributed by atoms with Gasteiger partial charge < -0.3 is 5.32 Å². The van der Waals surface area contributed by atoms with Gasteiger partial charge in [-0.25, -0.2) is 14.4 Å². The van der Waals surface area contributed by atoms with Gasteiger partial charge in [0.25, 0.3) is 5.91 Å². The number of rotatable bonds is 3. The highest BCUT2D eigenvalue weighted by Gasteiger charge is 2.14. The van der Waals surface area contributed by atoms with Gasteiger partial charge in [0.05, 0.1) is 26.8 Å². The Morgan fingerprint density at radius 2 is 1.83 bits per heavy atom. The molecular formula is C22H15FN4OS. The van der Waals surface area contributed by atoms with Gasteiger partial charge in [-0.2, -0.15) is 0 Å².